The zero-order valence-electron chi connectivity index (χ0n) is 30.1. The van der Waals surface area contributed by atoms with E-state index in [1.807, 2.05) is 32.9 Å². The molecule has 2 aromatic carbocycles. The zero-order valence-corrected chi connectivity index (χ0v) is 30.9. The molecule has 3 heterocycles. The molecular formula is C37H40ClF4N9O3. The van der Waals surface area contributed by atoms with Crippen LogP contribution in [0.3, 0.4) is 0 Å². The summed E-state index contributed by atoms with van der Waals surface area (Å²) in [6, 6.07) is 10.7. The second-order valence-corrected chi connectivity index (χ2v) is 16.1. The van der Waals surface area contributed by atoms with Crippen molar-refractivity contribution in [3.63, 3.8) is 0 Å². The fraction of sp³-hybridized carbons (Fsp3) is 0.486. The minimum Gasteiger partial charge on any atom is -0.463 e. The second kappa shape index (κ2) is 13.5. The summed E-state index contributed by atoms with van der Waals surface area (Å²) in [6.07, 6.45) is 1.74. The third kappa shape index (κ3) is 7.07. The third-order valence-electron chi connectivity index (χ3n) is 10.3. The van der Waals surface area contributed by atoms with E-state index in [0.717, 1.165) is 36.3 Å². The van der Waals surface area contributed by atoms with Crippen molar-refractivity contribution in [2.75, 3.05) is 6.61 Å². The lowest BCUT2D eigenvalue weighted by atomic mass is 9.75. The van der Waals surface area contributed by atoms with Crippen molar-refractivity contribution in [2.24, 2.45) is 21.6 Å². The van der Waals surface area contributed by atoms with E-state index in [2.05, 4.69) is 20.3 Å². The molecule has 7 rings (SSSR count). The molecule has 1 aliphatic heterocycles. The highest BCUT2D eigenvalue weighted by Crippen LogP contribution is 2.59. The molecular weight excluding hydrogens is 730 g/mol. The normalized spacial score (nSPS) is 20.4. The third-order valence-corrected chi connectivity index (χ3v) is 10.6. The zero-order chi connectivity index (χ0) is 38.8. The molecule has 2 fully saturated rings. The number of benzene rings is 2. The van der Waals surface area contributed by atoms with Gasteiger partial charge in [-0.3, -0.25) is 14.5 Å². The molecule has 0 spiro atoms. The monoisotopic (exact) mass is 769 g/mol. The number of ether oxygens (including phenoxy) is 1. The van der Waals surface area contributed by atoms with E-state index in [1.165, 1.54) is 23.1 Å². The van der Waals surface area contributed by atoms with Gasteiger partial charge in [0.2, 0.25) is 0 Å². The minimum absolute atomic E-state index is 0.0122. The number of alkyl halides is 4. The van der Waals surface area contributed by atoms with Crippen LogP contribution in [0, 0.1) is 10.8 Å². The van der Waals surface area contributed by atoms with Crippen LogP contribution in [-0.4, -0.2) is 65.0 Å². The van der Waals surface area contributed by atoms with Crippen molar-refractivity contribution in [1.82, 2.24) is 34.7 Å². The van der Waals surface area contributed by atoms with Crippen LogP contribution in [0.1, 0.15) is 102 Å². The van der Waals surface area contributed by atoms with Crippen LogP contribution < -0.4 is 5.73 Å². The predicted octanol–water partition coefficient (Wildman–Crippen LogP) is 7.35. The van der Waals surface area contributed by atoms with Gasteiger partial charge < -0.3 is 10.5 Å². The number of guanidine groups is 1. The Hall–Kier alpha value is -4.86. The summed E-state index contributed by atoms with van der Waals surface area (Å²) < 4.78 is 63.1. The van der Waals surface area contributed by atoms with Gasteiger partial charge in [0, 0.05) is 11.0 Å². The Bertz CT molecular complexity index is 2100. The van der Waals surface area contributed by atoms with E-state index in [1.54, 1.807) is 23.1 Å². The number of amides is 1. The molecule has 2 atom stereocenters. The van der Waals surface area contributed by atoms with Crippen molar-refractivity contribution in [1.29, 1.82) is 0 Å². The highest BCUT2D eigenvalue weighted by Gasteiger charge is 2.60. The topological polar surface area (TPSA) is 146 Å². The van der Waals surface area contributed by atoms with Crippen LogP contribution in [0.25, 0.3) is 16.9 Å². The number of esters is 1. The molecule has 12 nitrogen and oxygen atoms in total. The van der Waals surface area contributed by atoms with Crippen LogP contribution >= 0.6 is 11.6 Å². The molecule has 2 saturated carbocycles. The summed E-state index contributed by atoms with van der Waals surface area (Å²) in [5, 5.41) is 13.0. The van der Waals surface area contributed by atoms with Crippen LogP contribution in [0.4, 0.5) is 17.6 Å². The van der Waals surface area contributed by atoms with Crippen LogP contribution in [-0.2, 0) is 19.9 Å². The standard InChI is InChI=1S/C37H40ClF4N9O3/c1-34(2,3)19-37(23-8-5-21(6-9-23)26-17-45-51(48-26)24-10-11-24)32(53)49(33(43)47-37)28(18-54-29(52)16-36(13-14-36)35(4,41)42)22-7-12-25(38)27(15-22)50-31(30(39)40)44-20-46-50/h5-9,12,15,17,20,24,28,30H,10-11,13-14,16,18-19H2,1-4H3,(H2,43,47)/t28-,37-/m1/s1. The molecule has 17 heteroatoms. The molecule has 2 N–H and O–H groups in total. The van der Waals surface area contributed by atoms with Crippen molar-refractivity contribution >= 4 is 29.4 Å². The largest absolute Gasteiger partial charge is 0.463 e. The Morgan fingerprint density at radius 3 is 2.39 bits per heavy atom. The van der Waals surface area contributed by atoms with Crippen LogP contribution in [0.15, 0.2) is 60.0 Å². The summed E-state index contributed by atoms with van der Waals surface area (Å²) in [7, 11) is 0. The van der Waals surface area contributed by atoms with Gasteiger partial charge in [0.25, 0.3) is 18.3 Å². The Morgan fingerprint density at radius 2 is 1.78 bits per heavy atom. The second-order valence-electron chi connectivity index (χ2n) is 15.7. The molecule has 1 amide bonds. The van der Waals surface area contributed by atoms with E-state index in [-0.39, 0.29) is 41.5 Å². The van der Waals surface area contributed by atoms with E-state index < -0.39 is 65.5 Å². The van der Waals surface area contributed by atoms with E-state index in [4.69, 9.17) is 27.1 Å². The lowest BCUT2D eigenvalue weighted by molar-refractivity contribution is -0.153. The summed E-state index contributed by atoms with van der Waals surface area (Å²) in [6.45, 7) is 6.14. The molecule has 4 aromatic rings. The Kier molecular flexibility index (Phi) is 9.34. The Morgan fingerprint density at radius 1 is 1.07 bits per heavy atom. The number of hydrogen-bond donors (Lipinski definition) is 1. The summed E-state index contributed by atoms with van der Waals surface area (Å²) >= 11 is 6.48. The maximum Gasteiger partial charge on any atom is 0.306 e. The van der Waals surface area contributed by atoms with Crippen molar-refractivity contribution in [2.45, 2.75) is 96.2 Å². The number of carbonyl (C=O) groups excluding carboxylic acids is 2. The van der Waals surface area contributed by atoms with Gasteiger partial charge in [-0.15, -0.1) is 0 Å². The Balaban J connectivity index is 1.26. The van der Waals surface area contributed by atoms with Crippen LogP contribution in [0.5, 0.6) is 0 Å². The first-order valence-corrected chi connectivity index (χ1v) is 18.0. The van der Waals surface area contributed by atoms with Gasteiger partial charge in [0.05, 0.1) is 35.4 Å². The highest BCUT2D eigenvalue weighted by atomic mass is 35.5. The van der Waals surface area contributed by atoms with E-state index >= 15 is 4.79 Å². The Labute approximate surface area is 313 Å². The maximum atomic E-state index is 15.0. The number of aliphatic imine (C=N–C) groups is 1. The quantitative estimate of drug-likeness (QED) is 0.110. The number of nitrogens with zero attached hydrogens (tertiary/aromatic N) is 8. The maximum absolute atomic E-state index is 15.0. The van der Waals surface area contributed by atoms with Gasteiger partial charge in [-0.2, -0.15) is 20.1 Å². The number of aromatic nitrogens is 6. The summed E-state index contributed by atoms with van der Waals surface area (Å²) in [5.41, 5.74) is 5.45. The number of nitrogens with two attached hydrogens (primary N) is 1. The van der Waals surface area contributed by atoms with Gasteiger partial charge >= 0.3 is 5.97 Å². The number of carbonyl (C=O) groups is 2. The van der Waals surface area contributed by atoms with E-state index in [0.29, 0.717) is 17.3 Å². The van der Waals surface area contributed by atoms with Crippen molar-refractivity contribution < 1.29 is 31.9 Å². The van der Waals surface area contributed by atoms with Gasteiger partial charge in [-0.25, -0.2) is 32.2 Å². The van der Waals surface area contributed by atoms with Gasteiger partial charge in [-0.05, 0) is 67.7 Å². The first kappa shape index (κ1) is 37.5. The lowest BCUT2D eigenvalue weighted by Gasteiger charge is -2.35. The number of rotatable bonds is 13. The van der Waals surface area contributed by atoms with Crippen LogP contribution in [0.2, 0.25) is 5.02 Å². The average Bonchev–Trinajstić information content (AvgIpc) is 3.97. The fourth-order valence-corrected chi connectivity index (χ4v) is 7.30. The summed E-state index contributed by atoms with van der Waals surface area (Å²) in [4.78, 5) is 39.6. The fourth-order valence-electron chi connectivity index (χ4n) is 7.11. The van der Waals surface area contributed by atoms with Crippen molar-refractivity contribution in [3.05, 3.63) is 77.0 Å². The smallest absolute Gasteiger partial charge is 0.306 e. The molecule has 2 aromatic heterocycles. The van der Waals surface area contributed by atoms with Crippen molar-refractivity contribution in [3.8, 4) is 16.9 Å². The lowest BCUT2D eigenvalue weighted by Crippen LogP contribution is -2.47. The first-order valence-electron chi connectivity index (χ1n) is 17.6. The predicted molar refractivity (Wildman–Crippen MR) is 190 cm³/mol. The minimum atomic E-state index is -3.10. The molecule has 0 radical (unpaired) electrons. The van der Waals surface area contributed by atoms with Gasteiger partial charge in [0.15, 0.2) is 17.3 Å². The van der Waals surface area contributed by atoms with Gasteiger partial charge in [0.1, 0.15) is 18.6 Å². The molecule has 0 unspecified atom stereocenters. The molecule has 2 aliphatic carbocycles. The number of halogens is 5. The van der Waals surface area contributed by atoms with Gasteiger partial charge in [-0.1, -0.05) is 62.7 Å². The molecule has 0 bridgehead atoms. The average molecular weight is 770 g/mol. The molecule has 3 aliphatic rings. The van der Waals surface area contributed by atoms with E-state index in [9.17, 15) is 22.4 Å². The number of hydrogen-bond acceptors (Lipinski definition) is 9. The SMILES string of the molecule is CC(C)(C)C[C@]1(c2ccc(-c3cnn(C4CC4)n3)cc2)N=C(N)N([C@H](COC(=O)CC2(C(C)(F)F)CC2)c2ccc(Cl)c(-n3ncnc3C(F)F)c2)C1=O. The summed E-state index contributed by atoms with van der Waals surface area (Å²) in [5.74, 6) is -5.39. The first-order chi connectivity index (χ1) is 25.4. The molecule has 54 heavy (non-hydrogen) atoms. The highest BCUT2D eigenvalue weighted by molar-refractivity contribution is 6.32. The molecule has 0 saturated heterocycles. The molecule has 286 valence electrons.